The van der Waals surface area contributed by atoms with Crippen molar-refractivity contribution in [3.8, 4) is 0 Å². The predicted molar refractivity (Wildman–Crippen MR) is 89.0 cm³/mol. The number of carbonyl (C=O) groups excluding carboxylic acids is 2. The summed E-state index contributed by atoms with van der Waals surface area (Å²) >= 11 is 0. The second kappa shape index (κ2) is 6.20. The molecule has 4 rings (SSSR count). The summed E-state index contributed by atoms with van der Waals surface area (Å²) in [6.07, 6.45) is 0.768. The van der Waals surface area contributed by atoms with Gasteiger partial charge in [-0.3, -0.25) is 9.35 Å². The lowest BCUT2D eigenvalue weighted by atomic mass is 10.00. The molecular formula is C15H18N4O6S. The minimum absolute atomic E-state index is 0.167. The Bertz CT molecular complexity index is 873. The first-order chi connectivity index (χ1) is 12.3. The molecule has 11 heteroatoms. The molecule has 2 fully saturated rings. The third kappa shape index (κ3) is 3.14. The first-order valence-electron chi connectivity index (χ1n) is 8.22. The van der Waals surface area contributed by atoms with Crippen LogP contribution in [-0.4, -0.2) is 53.5 Å². The van der Waals surface area contributed by atoms with Gasteiger partial charge in [-0.2, -0.15) is 13.5 Å². The summed E-state index contributed by atoms with van der Waals surface area (Å²) in [6, 6.07) is 3.68. The van der Waals surface area contributed by atoms with Crippen LogP contribution in [0.3, 0.4) is 0 Å². The van der Waals surface area contributed by atoms with E-state index in [1.165, 1.54) is 10.5 Å². The topological polar surface area (TPSA) is 128 Å². The SMILES string of the molecule is O=C(Nc1ccc2c(c1)CNC2)C1CCC2CN1C(=O)N2OS(=O)(=O)O. The average molecular weight is 382 g/mol. The molecule has 0 aromatic heterocycles. The van der Waals surface area contributed by atoms with E-state index in [2.05, 4.69) is 14.9 Å². The van der Waals surface area contributed by atoms with Gasteiger partial charge in [0.15, 0.2) is 0 Å². The number of rotatable bonds is 4. The molecule has 0 aliphatic carbocycles. The van der Waals surface area contributed by atoms with Crippen LogP contribution in [0, 0.1) is 0 Å². The average Bonchev–Trinajstić information content (AvgIpc) is 3.13. The van der Waals surface area contributed by atoms with Gasteiger partial charge in [0.1, 0.15) is 6.04 Å². The van der Waals surface area contributed by atoms with E-state index in [1.807, 2.05) is 18.2 Å². The zero-order valence-corrected chi connectivity index (χ0v) is 14.5. The fourth-order valence-electron chi connectivity index (χ4n) is 3.70. The number of hydrogen-bond donors (Lipinski definition) is 3. The van der Waals surface area contributed by atoms with Gasteiger partial charge in [-0.15, -0.1) is 4.28 Å². The molecule has 1 aromatic rings. The quantitative estimate of drug-likeness (QED) is 0.636. The maximum atomic E-state index is 12.6. The van der Waals surface area contributed by atoms with Crippen molar-refractivity contribution in [1.29, 1.82) is 0 Å². The van der Waals surface area contributed by atoms with E-state index < -0.39 is 28.5 Å². The number of urea groups is 1. The summed E-state index contributed by atoms with van der Waals surface area (Å²) in [7, 11) is -4.80. The summed E-state index contributed by atoms with van der Waals surface area (Å²) in [5, 5.41) is 6.68. The third-order valence-electron chi connectivity index (χ3n) is 4.90. The molecule has 26 heavy (non-hydrogen) atoms. The van der Waals surface area contributed by atoms with Gasteiger partial charge in [0, 0.05) is 25.3 Å². The lowest BCUT2D eigenvalue weighted by molar-refractivity contribution is -0.120. The van der Waals surface area contributed by atoms with Crippen molar-refractivity contribution in [3.05, 3.63) is 29.3 Å². The number of nitrogens with one attached hydrogen (secondary N) is 2. The van der Waals surface area contributed by atoms with Crippen LogP contribution in [0.2, 0.25) is 0 Å². The minimum Gasteiger partial charge on any atom is -0.324 e. The number of amides is 3. The van der Waals surface area contributed by atoms with Gasteiger partial charge in [0.05, 0.1) is 6.04 Å². The first-order valence-corrected chi connectivity index (χ1v) is 9.58. The van der Waals surface area contributed by atoms with Crippen molar-refractivity contribution < 1.29 is 26.8 Å². The van der Waals surface area contributed by atoms with Crippen molar-refractivity contribution in [2.24, 2.45) is 0 Å². The van der Waals surface area contributed by atoms with Gasteiger partial charge < -0.3 is 15.5 Å². The molecule has 0 spiro atoms. The van der Waals surface area contributed by atoms with E-state index >= 15 is 0 Å². The number of hydrogen-bond acceptors (Lipinski definition) is 6. The van der Waals surface area contributed by atoms with E-state index in [1.54, 1.807) is 0 Å². The highest BCUT2D eigenvalue weighted by Crippen LogP contribution is 2.31. The molecule has 0 saturated carbocycles. The Morgan fingerprint density at radius 2 is 2.04 bits per heavy atom. The summed E-state index contributed by atoms with van der Waals surface area (Å²) < 4.78 is 35.0. The van der Waals surface area contributed by atoms with Crippen LogP contribution in [0.4, 0.5) is 10.5 Å². The highest BCUT2D eigenvalue weighted by molar-refractivity contribution is 7.80. The summed E-state index contributed by atoms with van der Waals surface area (Å²) in [5.41, 5.74) is 2.96. The Kier molecular flexibility index (Phi) is 4.10. The summed E-state index contributed by atoms with van der Waals surface area (Å²) in [5.74, 6) is -0.337. The maximum Gasteiger partial charge on any atom is 0.418 e. The molecule has 2 atom stereocenters. The van der Waals surface area contributed by atoms with Crippen molar-refractivity contribution in [3.63, 3.8) is 0 Å². The molecule has 0 radical (unpaired) electrons. The second-order valence-electron chi connectivity index (χ2n) is 6.59. The summed E-state index contributed by atoms with van der Waals surface area (Å²) in [4.78, 5) is 26.3. The van der Waals surface area contributed by atoms with E-state index in [4.69, 9.17) is 4.55 Å². The zero-order chi connectivity index (χ0) is 18.5. The van der Waals surface area contributed by atoms with E-state index in [0.29, 0.717) is 23.6 Å². The van der Waals surface area contributed by atoms with Crippen LogP contribution in [0.5, 0.6) is 0 Å². The Hall–Kier alpha value is -2.21. The van der Waals surface area contributed by atoms with Gasteiger partial charge in [-0.05, 0) is 36.1 Å². The molecule has 10 nitrogen and oxygen atoms in total. The summed E-state index contributed by atoms with van der Waals surface area (Å²) in [6.45, 7) is 1.72. The number of benzene rings is 1. The fraction of sp³-hybridized carbons (Fsp3) is 0.467. The molecule has 3 amide bonds. The zero-order valence-electron chi connectivity index (χ0n) is 13.7. The number of piperidine rings is 1. The van der Waals surface area contributed by atoms with Gasteiger partial charge in [0.2, 0.25) is 5.91 Å². The highest BCUT2D eigenvalue weighted by atomic mass is 32.3. The molecule has 3 N–H and O–H groups in total. The van der Waals surface area contributed by atoms with E-state index in [0.717, 1.165) is 18.7 Å². The van der Waals surface area contributed by atoms with Crippen LogP contribution in [0.25, 0.3) is 0 Å². The van der Waals surface area contributed by atoms with Gasteiger partial charge in [-0.1, -0.05) is 6.07 Å². The molecule has 1 aromatic carbocycles. The molecule has 2 unspecified atom stereocenters. The van der Waals surface area contributed by atoms with Crippen LogP contribution < -0.4 is 10.6 Å². The smallest absolute Gasteiger partial charge is 0.324 e. The molecule has 3 aliphatic rings. The maximum absolute atomic E-state index is 12.6. The van der Waals surface area contributed by atoms with Crippen molar-refractivity contribution >= 4 is 28.0 Å². The van der Waals surface area contributed by atoms with Crippen LogP contribution >= 0.6 is 0 Å². The Labute approximate surface area is 150 Å². The minimum atomic E-state index is -4.80. The molecule has 2 saturated heterocycles. The number of hydroxylamine groups is 2. The van der Waals surface area contributed by atoms with Crippen LogP contribution in [-0.2, 0) is 32.6 Å². The normalized spacial score (nSPS) is 24.7. The Morgan fingerprint density at radius 1 is 1.27 bits per heavy atom. The fourth-order valence-corrected chi connectivity index (χ4v) is 4.09. The molecule has 2 bridgehead atoms. The second-order valence-corrected chi connectivity index (χ2v) is 7.59. The number of nitrogens with zero attached hydrogens (tertiary/aromatic N) is 2. The van der Waals surface area contributed by atoms with Crippen LogP contribution in [0.15, 0.2) is 18.2 Å². The third-order valence-corrected chi connectivity index (χ3v) is 5.25. The standard InChI is InChI=1S/C15H18N4O6S/c20-14(17-11-2-1-9-6-16-7-10(9)5-11)13-4-3-12-8-18(13)15(21)19(12)25-26(22,23)24/h1-2,5,12-13,16H,3-4,6-8H2,(H,17,20)(H,22,23,24). The molecule has 140 valence electrons. The lowest BCUT2D eigenvalue weighted by Gasteiger charge is -2.29. The van der Waals surface area contributed by atoms with E-state index in [9.17, 15) is 18.0 Å². The largest absolute Gasteiger partial charge is 0.418 e. The monoisotopic (exact) mass is 382 g/mol. The molecular weight excluding hydrogens is 364 g/mol. The number of fused-ring (bicyclic) bond motifs is 3. The van der Waals surface area contributed by atoms with E-state index in [-0.39, 0.29) is 12.5 Å². The van der Waals surface area contributed by atoms with Gasteiger partial charge >= 0.3 is 16.4 Å². The van der Waals surface area contributed by atoms with Gasteiger partial charge in [-0.25, -0.2) is 4.79 Å². The molecule has 3 aliphatic heterocycles. The van der Waals surface area contributed by atoms with Crippen molar-refractivity contribution in [2.45, 2.75) is 38.0 Å². The lowest BCUT2D eigenvalue weighted by Crippen LogP contribution is -2.47. The predicted octanol–water partition coefficient (Wildman–Crippen LogP) is 0.231. The number of carbonyl (C=O) groups is 2. The van der Waals surface area contributed by atoms with Crippen molar-refractivity contribution in [1.82, 2.24) is 15.3 Å². The van der Waals surface area contributed by atoms with Crippen molar-refractivity contribution in [2.75, 3.05) is 11.9 Å². The Morgan fingerprint density at radius 3 is 2.81 bits per heavy atom. The number of anilines is 1. The van der Waals surface area contributed by atoms with Crippen LogP contribution in [0.1, 0.15) is 24.0 Å². The molecule has 3 heterocycles. The highest BCUT2D eigenvalue weighted by Gasteiger charge is 2.49. The first kappa shape index (κ1) is 17.2. The van der Waals surface area contributed by atoms with Gasteiger partial charge in [0.25, 0.3) is 0 Å². The Balaban J connectivity index is 1.47.